The summed E-state index contributed by atoms with van der Waals surface area (Å²) in [6.07, 6.45) is 2.19. The Kier molecular flexibility index (Phi) is 7.89. The average Bonchev–Trinajstić information content (AvgIpc) is 2.73. The van der Waals surface area contributed by atoms with Crippen molar-refractivity contribution in [2.24, 2.45) is 5.92 Å². The highest BCUT2D eigenvalue weighted by atomic mass is 16.5. The van der Waals surface area contributed by atoms with E-state index in [1.807, 2.05) is 38.1 Å². The molecule has 0 aromatic heterocycles. The normalized spacial score (nSPS) is 18.7. The Bertz CT molecular complexity index is 663. The van der Waals surface area contributed by atoms with E-state index in [4.69, 9.17) is 4.74 Å². The van der Waals surface area contributed by atoms with Gasteiger partial charge < -0.3 is 25.2 Å². The minimum atomic E-state index is 0.0313. The first kappa shape index (κ1) is 21.6. The first-order valence-electron chi connectivity index (χ1n) is 10.8. The lowest BCUT2D eigenvalue weighted by Crippen LogP contribution is -2.43. The number of nitrogens with one attached hydrogen (secondary N) is 2. The van der Waals surface area contributed by atoms with Crippen molar-refractivity contribution in [1.82, 2.24) is 10.2 Å². The molecular weight excluding hydrogens is 368 g/mol. The number of likely N-dealkylation sites (tertiary alicyclic amines) is 1. The van der Waals surface area contributed by atoms with Gasteiger partial charge in [0.1, 0.15) is 0 Å². The first-order valence-corrected chi connectivity index (χ1v) is 10.8. The summed E-state index contributed by atoms with van der Waals surface area (Å²) in [4.78, 5) is 29.0. The van der Waals surface area contributed by atoms with Crippen molar-refractivity contribution < 1.29 is 14.3 Å². The van der Waals surface area contributed by atoms with Gasteiger partial charge in [0.25, 0.3) is 0 Å². The molecule has 3 rings (SSSR count). The standard InChI is InChI=1S/C22H34N4O3/c1-17(2)23-22(28)18-7-10-25(11-8-18)12-9-21(27)24-19-3-5-20(6-4-19)26-13-15-29-16-14-26/h3-6,17-18H,7-16H2,1-2H3,(H,23,28)(H,24,27). The van der Waals surface area contributed by atoms with Crippen LogP contribution in [0.1, 0.15) is 33.1 Å². The number of piperidine rings is 1. The maximum absolute atomic E-state index is 12.3. The van der Waals surface area contributed by atoms with E-state index in [-0.39, 0.29) is 23.8 Å². The second kappa shape index (κ2) is 10.6. The van der Waals surface area contributed by atoms with Gasteiger partial charge in [0.05, 0.1) is 13.2 Å². The zero-order valence-corrected chi connectivity index (χ0v) is 17.7. The van der Waals surface area contributed by atoms with E-state index in [1.165, 1.54) is 0 Å². The van der Waals surface area contributed by atoms with Crippen LogP contribution in [0.3, 0.4) is 0 Å². The number of carbonyl (C=O) groups excluding carboxylic acids is 2. The van der Waals surface area contributed by atoms with Crippen LogP contribution in [0.5, 0.6) is 0 Å². The van der Waals surface area contributed by atoms with Crippen LogP contribution in [-0.2, 0) is 14.3 Å². The Morgan fingerprint density at radius 2 is 1.72 bits per heavy atom. The van der Waals surface area contributed by atoms with Gasteiger partial charge in [-0.2, -0.15) is 0 Å². The number of hydrogen-bond acceptors (Lipinski definition) is 5. The smallest absolute Gasteiger partial charge is 0.225 e. The van der Waals surface area contributed by atoms with Crippen molar-refractivity contribution in [3.8, 4) is 0 Å². The van der Waals surface area contributed by atoms with Gasteiger partial charge in [0.2, 0.25) is 11.8 Å². The molecule has 0 atom stereocenters. The summed E-state index contributed by atoms with van der Waals surface area (Å²) in [5.74, 6) is 0.300. The molecule has 2 aliphatic heterocycles. The van der Waals surface area contributed by atoms with Crippen LogP contribution in [0.15, 0.2) is 24.3 Å². The molecule has 0 aliphatic carbocycles. The second-order valence-electron chi connectivity index (χ2n) is 8.22. The van der Waals surface area contributed by atoms with E-state index in [2.05, 4.69) is 20.4 Å². The molecule has 1 aromatic rings. The molecule has 2 saturated heterocycles. The quantitative estimate of drug-likeness (QED) is 0.731. The number of nitrogens with zero attached hydrogens (tertiary/aromatic N) is 2. The van der Waals surface area contributed by atoms with Crippen LogP contribution in [0.2, 0.25) is 0 Å². The minimum absolute atomic E-state index is 0.0313. The molecule has 7 nitrogen and oxygen atoms in total. The van der Waals surface area contributed by atoms with Crippen molar-refractivity contribution in [1.29, 1.82) is 0 Å². The van der Waals surface area contributed by atoms with E-state index >= 15 is 0 Å². The number of ether oxygens (including phenoxy) is 1. The maximum atomic E-state index is 12.3. The summed E-state index contributed by atoms with van der Waals surface area (Å²) in [5, 5.41) is 5.99. The van der Waals surface area contributed by atoms with E-state index in [0.29, 0.717) is 6.42 Å². The topological polar surface area (TPSA) is 73.9 Å². The van der Waals surface area contributed by atoms with Gasteiger partial charge in [0.15, 0.2) is 0 Å². The molecule has 0 saturated carbocycles. The van der Waals surface area contributed by atoms with Gasteiger partial charge in [-0.3, -0.25) is 9.59 Å². The molecule has 0 unspecified atom stereocenters. The Morgan fingerprint density at radius 3 is 2.34 bits per heavy atom. The van der Waals surface area contributed by atoms with Crippen molar-refractivity contribution in [2.45, 2.75) is 39.2 Å². The van der Waals surface area contributed by atoms with Crippen LogP contribution >= 0.6 is 0 Å². The monoisotopic (exact) mass is 402 g/mol. The predicted octanol–water partition coefficient (Wildman–Crippen LogP) is 2.09. The molecule has 2 amide bonds. The highest BCUT2D eigenvalue weighted by molar-refractivity contribution is 5.91. The zero-order chi connectivity index (χ0) is 20.6. The zero-order valence-electron chi connectivity index (χ0n) is 17.7. The SMILES string of the molecule is CC(C)NC(=O)C1CCN(CCC(=O)Nc2ccc(N3CCOCC3)cc2)CC1. The molecule has 2 heterocycles. The van der Waals surface area contributed by atoms with Crippen LogP contribution in [0, 0.1) is 5.92 Å². The lowest BCUT2D eigenvalue weighted by Gasteiger charge is -2.31. The van der Waals surface area contributed by atoms with E-state index < -0.39 is 0 Å². The molecule has 2 N–H and O–H groups in total. The fraction of sp³-hybridized carbons (Fsp3) is 0.636. The number of amides is 2. The summed E-state index contributed by atoms with van der Waals surface area (Å²) in [5.41, 5.74) is 1.99. The third kappa shape index (κ3) is 6.72. The third-order valence-electron chi connectivity index (χ3n) is 5.57. The second-order valence-corrected chi connectivity index (χ2v) is 8.22. The average molecular weight is 403 g/mol. The van der Waals surface area contributed by atoms with E-state index in [1.54, 1.807) is 0 Å². The summed E-state index contributed by atoms with van der Waals surface area (Å²) in [7, 11) is 0. The summed E-state index contributed by atoms with van der Waals surface area (Å²) in [6.45, 7) is 9.79. The molecule has 2 fully saturated rings. The Labute approximate surface area is 173 Å². The van der Waals surface area contributed by atoms with Crippen LogP contribution in [0.4, 0.5) is 11.4 Å². The van der Waals surface area contributed by atoms with Gasteiger partial charge >= 0.3 is 0 Å². The van der Waals surface area contributed by atoms with Crippen LogP contribution < -0.4 is 15.5 Å². The van der Waals surface area contributed by atoms with Gasteiger partial charge in [-0.05, 0) is 64.0 Å². The molecule has 7 heteroatoms. The third-order valence-corrected chi connectivity index (χ3v) is 5.57. The molecule has 29 heavy (non-hydrogen) atoms. The molecule has 2 aliphatic rings. The van der Waals surface area contributed by atoms with Crippen LogP contribution in [-0.4, -0.2) is 68.7 Å². The highest BCUT2D eigenvalue weighted by Crippen LogP contribution is 2.20. The van der Waals surface area contributed by atoms with Crippen LogP contribution in [0.25, 0.3) is 0 Å². The largest absolute Gasteiger partial charge is 0.378 e. The van der Waals surface area contributed by atoms with Gasteiger partial charge in [-0.15, -0.1) is 0 Å². The van der Waals surface area contributed by atoms with Gasteiger partial charge in [-0.1, -0.05) is 0 Å². The van der Waals surface area contributed by atoms with E-state index in [0.717, 1.165) is 70.2 Å². The van der Waals surface area contributed by atoms with E-state index in [9.17, 15) is 9.59 Å². The lowest BCUT2D eigenvalue weighted by molar-refractivity contribution is -0.127. The van der Waals surface area contributed by atoms with Gasteiger partial charge in [-0.25, -0.2) is 0 Å². The molecular formula is C22H34N4O3. The Morgan fingerprint density at radius 1 is 1.07 bits per heavy atom. The predicted molar refractivity (Wildman–Crippen MR) is 115 cm³/mol. The maximum Gasteiger partial charge on any atom is 0.225 e. The minimum Gasteiger partial charge on any atom is -0.378 e. The molecule has 1 aromatic carbocycles. The summed E-state index contributed by atoms with van der Waals surface area (Å²) in [6, 6.07) is 8.21. The Balaban J connectivity index is 1.36. The van der Waals surface area contributed by atoms with Crippen molar-refractivity contribution in [2.75, 3.05) is 56.2 Å². The summed E-state index contributed by atoms with van der Waals surface area (Å²) < 4.78 is 5.38. The number of benzene rings is 1. The highest BCUT2D eigenvalue weighted by Gasteiger charge is 2.25. The lowest BCUT2D eigenvalue weighted by atomic mass is 9.95. The number of hydrogen-bond donors (Lipinski definition) is 2. The first-order chi connectivity index (χ1) is 14.0. The fourth-order valence-corrected chi connectivity index (χ4v) is 3.88. The molecule has 0 spiro atoms. The van der Waals surface area contributed by atoms with Crippen molar-refractivity contribution in [3.05, 3.63) is 24.3 Å². The number of rotatable bonds is 7. The molecule has 0 radical (unpaired) electrons. The number of morpholine rings is 1. The van der Waals surface area contributed by atoms with Crippen molar-refractivity contribution >= 4 is 23.2 Å². The summed E-state index contributed by atoms with van der Waals surface area (Å²) >= 11 is 0. The number of anilines is 2. The van der Waals surface area contributed by atoms with Gasteiger partial charge in [0, 0.05) is 49.4 Å². The fourth-order valence-electron chi connectivity index (χ4n) is 3.88. The Hall–Kier alpha value is -2.12. The molecule has 160 valence electrons. The number of carbonyl (C=O) groups is 2. The van der Waals surface area contributed by atoms with Crippen molar-refractivity contribution in [3.63, 3.8) is 0 Å². The molecule has 0 bridgehead atoms.